The smallest absolute Gasteiger partial charge is 0.256 e. The topological polar surface area (TPSA) is 53.7 Å². The number of methoxy groups -OCH3 is 1. The third kappa shape index (κ3) is 3.41. The predicted octanol–water partition coefficient (Wildman–Crippen LogP) is 5.04. The lowest BCUT2D eigenvalue weighted by Crippen LogP contribution is -2.03. The number of hydrogen-bond donors (Lipinski definition) is 0. The summed E-state index contributed by atoms with van der Waals surface area (Å²) < 4.78 is 21.5. The molecule has 6 heteroatoms. The van der Waals surface area contributed by atoms with Crippen molar-refractivity contribution < 1.29 is 18.7 Å². The van der Waals surface area contributed by atoms with Crippen LogP contribution < -0.4 is 9.47 Å². The van der Waals surface area contributed by atoms with Gasteiger partial charge in [-0.3, -0.25) is 0 Å². The van der Waals surface area contributed by atoms with Gasteiger partial charge >= 0.3 is 0 Å². The van der Waals surface area contributed by atoms with Crippen LogP contribution in [0.25, 0.3) is 11.3 Å². The van der Waals surface area contributed by atoms with Crippen LogP contribution in [0.5, 0.6) is 11.6 Å². The Morgan fingerprint density at radius 2 is 2.04 bits per heavy atom. The Bertz CT molecular complexity index is 891. The molecule has 1 unspecified atom stereocenters. The van der Waals surface area contributed by atoms with Crippen LogP contribution in [0.15, 0.2) is 53.1 Å². The van der Waals surface area contributed by atoms with Gasteiger partial charge in [-0.25, -0.2) is 0 Å². The van der Waals surface area contributed by atoms with Crippen molar-refractivity contribution in [1.82, 2.24) is 5.16 Å². The third-order valence-electron chi connectivity index (χ3n) is 4.39. The van der Waals surface area contributed by atoms with Gasteiger partial charge in [-0.05, 0) is 59.5 Å². The first kappa shape index (κ1) is 16.9. The highest BCUT2D eigenvalue weighted by Crippen LogP contribution is 2.38. The van der Waals surface area contributed by atoms with Crippen molar-refractivity contribution in [1.29, 1.82) is 0 Å². The van der Waals surface area contributed by atoms with Gasteiger partial charge in [0.15, 0.2) is 12.6 Å². The summed E-state index contributed by atoms with van der Waals surface area (Å²) in [6.07, 6.45) is 1.91. The predicted molar refractivity (Wildman–Crippen MR) is 97.6 cm³/mol. The van der Waals surface area contributed by atoms with E-state index in [2.05, 4.69) is 11.2 Å². The lowest BCUT2D eigenvalue weighted by molar-refractivity contribution is 0.0453. The summed E-state index contributed by atoms with van der Waals surface area (Å²) in [5.74, 6) is 1.82. The van der Waals surface area contributed by atoms with Crippen molar-refractivity contribution in [3.05, 3.63) is 64.7 Å². The normalized spacial score (nSPS) is 15.7. The van der Waals surface area contributed by atoms with Gasteiger partial charge in [-0.15, -0.1) is 0 Å². The number of rotatable bonds is 6. The van der Waals surface area contributed by atoms with Crippen molar-refractivity contribution in [2.45, 2.75) is 18.9 Å². The fourth-order valence-electron chi connectivity index (χ4n) is 3.14. The molecule has 2 aromatic carbocycles. The molecule has 5 nitrogen and oxygen atoms in total. The molecule has 0 aliphatic heterocycles. The minimum absolute atomic E-state index is 0.0360. The van der Waals surface area contributed by atoms with E-state index < -0.39 is 0 Å². The molecule has 0 amide bonds. The Labute approximate surface area is 156 Å². The molecule has 26 heavy (non-hydrogen) atoms. The first-order valence-electron chi connectivity index (χ1n) is 8.37. The molecule has 0 spiro atoms. The molecule has 134 valence electrons. The highest BCUT2D eigenvalue weighted by Gasteiger charge is 2.25. The molecular weight excluding hydrogens is 354 g/mol. The van der Waals surface area contributed by atoms with Crippen LogP contribution in [-0.4, -0.2) is 19.1 Å². The first-order valence-corrected chi connectivity index (χ1v) is 8.75. The summed E-state index contributed by atoms with van der Waals surface area (Å²) in [4.78, 5) is 0. The number of nitrogens with zero attached hydrogens (tertiary/aromatic N) is 1. The summed E-state index contributed by atoms with van der Waals surface area (Å²) >= 11 is 6.27. The maximum atomic E-state index is 6.27. The van der Waals surface area contributed by atoms with Crippen LogP contribution in [0, 0.1) is 0 Å². The van der Waals surface area contributed by atoms with E-state index >= 15 is 0 Å². The van der Waals surface area contributed by atoms with Crippen molar-refractivity contribution in [3.8, 4) is 23.0 Å². The van der Waals surface area contributed by atoms with Gasteiger partial charge < -0.3 is 18.7 Å². The molecule has 3 aromatic rings. The highest BCUT2D eigenvalue weighted by atomic mass is 35.5. The van der Waals surface area contributed by atoms with Crippen molar-refractivity contribution in [2.24, 2.45) is 0 Å². The summed E-state index contributed by atoms with van der Waals surface area (Å²) in [6.45, 7) is 0.131. The number of hydrogen-bond acceptors (Lipinski definition) is 5. The van der Waals surface area contributed by atoms with Gasteiger partial charge in [0.2, 0.25) is 0 Å². The molecule has 1 atom stereocenters. The summed E-state index contributed by atoms with van der Waals surface area (Å²) in [5, 5.41) is 4.67. The second-order valence-electron chi connectivity index (χ2n) is 6.06. The highest BCUT2D eigenvalue weighted by molar-refractivity contribution is 6.31. The van der Waals surface area contributed by atoms with Gasteiger partial charge in [0.25, 0.3) is 5.88 Å². The maximum Gasteiger partial charge on any atom is 0.256 e. The average Bonchev–Trinajstić information content (AvgIpc) is 3.29. The zero-order valence-electron chi connectivity index (χ0n) is 14.3. The van der Waals surface area contributed by atoms with E-state index in [1.54, 1.807) is 13.2 Å². The number of fused-ring (bicyclic) bond motifs is 1. The molecule has 0 saturated heterocycles. The van der Waals surface area contributed by atoms with E-state index in [4.69, 9.17) is 30.3 Å². The SMILES string of the molecule is COCOc1cc(-c2ccc(OC3CCc4c(Cl)cccc43)cc2)on1. The van der Waals surface area contributed by atoms with Gasteiger partial charge in [0.05, 0.1) is 0 Å². The Kier molecular flexibility index (Phi) is 4.82. The molecule has 1 aliphatic rings. The Morgan fingerprint density at radius 1 is 1.19 bits per heavy atom. The zero-order valence-corrected chi connectivity index (χ0v) is 15.0. The zero-order chi connectivity index (χ0) is 17.9. The quantitative estimate of drug-likeness (QED) is 0.568. The second-order valence-corrected chi connectivity index (χ2v) is 6.46. The molecule has 1 aliphatic carbocycles. The second kappa shape index (κ2) is 7.40. The minimum atomic E-state index is 0.0360. The molecule has 0 fully saturated rings. The lowest BCUT2D eigenvalue weighted by Gasteiger charge is -2.15. The van der Waals surface area contributed by atoms with E-state index in [0.717, 1.165) is 29.2 Å². The van der Waals surface area contributed by atoms with E-state index in [1.165, 1.54) is 11.1 Å². The number of halogens is 1. The fraction of sp³-hybridized carbons (Fsp3) is 0.250. The maximum absolute atomic E-state index is 6.27. The Balaban J connectivity index is 1.46. The van der Waals surface area contributed by atoms with Crippen LogP contribution in [0.1, 0.15) is 23.7 Å². The summed E-state index contributed by atoms with van der Waals surface area (Å²) in [7, 11) is 1.55. The molecule has 1 heterocycles. The van der Waals surface area contributed by atoms with E-state index in [0.29, 0.717) is 11.6 Å². The van der Waals surface area contributed by atoms with Crippen LogP contribution in [-0.2, 0) is 11.2 Å². The van der Waals surface area contributed by atoms with Crippen molar-refractivity contribution >= 4 is 11.6 Å². The number of ether oxygens (including phenoxy) is 3. The fourth-order valence-corrected chi connectivity index (χ4v) is 3.41. The molecule has 1 aromatic heterocycles. The van der Waals surface area contributed by atoms with Crippen molar-refractivity contribution in [3.63, 3.8) is 0 Å². The van der Waals surface area contributed by atoms with Crippen LogP contribution >= 0.6 is 11.6 Å². The van der Waals surface area contributed by atoms with Gasteiger partial charge in [0.1, 0.15) is 11.9 Å². The van der Waals surface area contributed by atoms with E-state index in [1.807, 2.05) is 36.4 Å². The molecule has 4 rings (SSSR count). The Hall–Kier alpha value is -2.50. The molecular formula is C20H18ClNO4. The summed E-state index contributed by atoms with van der Waals surface area (Å²) in [6, 6.07) is 15.4. The number of benzene rings is 2. The largest absolute Gasteiger partial charge is 0.486 e. The Morgan fingerprint density at radius 3 is 2.85 bits per heavy atom. The lowest BCUT2D eigenvalue weighted by atomic mass is 10.1. The molecule has 0 bridgehead atoms. The summed E-state index contributed by atoms with van der Waals surface area (Å²) in [5.41, 5.74) is 3.27. The minimum Gasteiger partial charge on any atom is -0.486 e. The monoisotopic (exact) mass is 371 g/mol. The van der Waals surface area contributed by atoms with Crippen LogP contribution in [0.4, 0.5) is 0 Å². The van der Waals surface area contributed by atoms with Gasteiger partial charge in [0, 0.05) is 23.8 Å². The standard InChI is InChI=1S/C20H18ClNO4/c1-23-12-24-20-11-19(26-22-20)13-5-7-14(8-6-13)25-18-10-9-15-16(18)3-2-4-17(15)21/h2-8,11,18H,9-10,12H2,1H3. The average molecular weight is 372 g/mol. The molecule has 0 N–H and O–H groups in total. The molecule has 0 saturated carbocycles. The van der Waals surface area contributed by atoms with Crippen LogP contribution in [0.3, 0.4) is 0 Å². The van der Waals surface area contributed by atoms with E-state index in [9.17, 15) is 0 Å². The number of aromatic nitrogens is 1. The van der Waals surface area contributed by atoms with Crippen molar-refractivity contribution in [2.75, 3.05) is 13.9 Å². The van der Waals surface area contributed by atoms with Crippen LogP contribution in [0.2, 0.25) is 5.02 Å². The molecule has 0 radical (unpaired) electrons. The third-order valence-corrected chi connectivity index (χ3v) is 4.74. The first-order chi connectivity index (χ1) is 12.7. The van der Waals surface area contributed by atoms with E-state index in [-0.39, 0.29) is 12.9 Å². The van der Waals surface area contributed by atoms with Gasteiger partial charge in [-0.1, -0.05) is 23.7 Å². The van der Waals surface area contributed by atoms with Gasteiger partial charge in [-0.2, -0.15) is 0 Å².